The molecule has 10 heteroatoms. The molecule has 0 unspecified atom stereocenters. The van der Waals surface area contributed by atoms with Crippen LogP contribution in [0.3, 0.4) is 0 Å². The number of hydrogen-bond acceptors (Lipinski definition) is 5. The van der Waals surface area contributed by atoms with Crippen LogP contribution in [0.25, 0.3) is 11.2 Å². The fourth-order valence-electron chi connectivity index (χ4n) is 7.01. The van der Waals surface area contributed by atoms with Crippen LogP contribution in [-0.4, -0.2) is 37.2 Å². The zero-order chi connectivity index (χ0) is 27.0. The maximum Gasteiger partial charge on any atom is 0.418 e. The van der Waals surface area contributed by atoms with E-state index < -0.39 is 17.4 Å². The van der Waals surface area contributed by atoms with Gasteiger partial charge in [0, 0.05) is 25.5 Å². The van der Waals surface area contributed by atoms with Crippen molar-refractivity contribution in [3.05, 3.63) is 80.4 Å². The second-order valence-electron chi connectivity index (χ2n) is 12.0. The van der Waals surface area contributed by atoms with Gasteiger partial charge in [-0.25, -0.2) is 4.79 Å². The van der Waals surface area contributed by atoms with Gasteiger partial charge < -0.3 is 0 Å². The molecule has 204 valence electrons. The summed E-state index contributed by atoms with van der Waals surface area (Å²) in [5.41, 5.74) is 2.54. The van der Waals surface area contributed by atoms with Crippen LogP contribution in [0.4, 0.5) is 13.2 Å². The summed E-state index contributed by atoms with van der Waals surface area (Å²) in [6.45, 7) is 4.25. The van der Waals surface area contributed by atoms with E-state index in [1.54, 1.807) is 17.8 Å². The lowest BCUT2D eigenvalue weighted by molar-refractivity contribution is -0.136. The maximum atomic E-state index is 14.2. The van der Waals surface area contributed by atoms with Gasteiger partial charge in [-0.1, -0.05) is 19.1 Å². The summed E-state index contributed by atoms with van der Waals surface area (Å²) in [6, 6.07) is 8.87. The van der Waals surface area contributed by atoms with E-state index in [2.05, 4.69) is 22.0 Å². The van der Waals surface area contributed by atoms with Gasteiger partial charge in [-0.2, -0.15) is 13.2 Å². The first kappa shape index (κ1) is 25.0. The van der Waals surface area contributed by atoms with Gasteiger partial charge in [0.05, 0.1) is 22.2 Å². The molecule has 0 N–H and O–H groups in total. The summed E-state index contributed by atoms with van der Waals surface area (Å²) in [6.07, 6.45) is 4.91. The molecule has 7 rings (SSSR count). The van der Waals surface area contributed by atoms with Crippen molar-refractivity contribution in [1.29, 1.82) is 0 Å². The van der Waals surface area contributed by atoms with Crippen LogP contribution in [0, 0.1) is 11.3 Å². The van der Waals surface area contributed by atoms with Gasteiger partial charge in [0.15, 0.2) is 0 Å². The molecule has 39 heavy (non-hydrogen) atoms. The van der Waals surface area contributed by atoms with E-state index in [4.69, 9.17) is 0 Å². The molecule has 3 fully saturated rings. The summed E-state index contributed by atoms with van der Waals surface area (Å²) >= 11 is 1.53. The second kappa shape index (κ2) is 8.76. The van der Waals surface area contributed by atoms with Crippen LogP contribution in [0.5, 0.6) is 0 Å². The number of rotatable bonds is 5. The number of aromatic nitrogens is 4. The molecule has 4 aromatic rings. The van der Waals surface area contributed by atoms with Crippen molar-refractivity contribution in [2.24, 2.45) is 11.3 Å². The van der Waals surface area contributed by atoms with E-state index in [0.717, 1.165) is 49.3 Å². The number of alkyl halides is 3. The summed E-state index contributed by atoms with van der Waals surface area (Å²) in [7, 11) is 0. The van der Waals surface area contributed by atoms with Crippen LogP contribution in [0.2, 0.25) is 0 Å². The highest BCUT2D eigenvalue weighted by molar-refractivity contribution is 7.09. The summed E-state index contributed by atoms with van der Waals surface area (Å²) in [4.78, 5) is 15.8. The normalized spacial score (nSPS) is 22.3. The van der Waals surface area contributed by atoms with Crippen LogP contribution in [0.1, 0.15) is 67.1 Å². The Bertz CT molecular complexity index is 1590. The number of piperidine rings is 1. The quantitative estimate of drug-likeness (QED) is 0.302. The number of hydrogen-bond donors (Lipinski definition) is 0. The highest BCUT2D eigenvalue weighted by atomic mass is 32.1. The lowest BCUT2D eigenvalue weighted by Gasteiger charge is -2.47. The molecule has 0 bridgehead atoms. The monoisotopic (exact) mass is 553 g/mol. The van der Waals surface area contributed by atoms with Crippen molar-refractivity contribution in [1.82, 2.24) is 24.1 Å². The van der Waals surface area contributed by atoms with E-state index in [9.17, 15) is 18.0 Å². The lowest BCUT2D eigenvalue weighted by atomic mass is 9.56. The van der Waals surface area contributed by atoms with E-state index in [1.807, 2.05) is 18.2 Å². The molecular weight excluding hydrogens is 523 g/mol. The summed E-state index contributed by atoms with van der Waals surface area (Å²) in [5, 5.41) is 9.44. The van der Waals surface area contributed by atoms with E-state index in [0.29, 0.717) is 29.1 Å². The number of likely N-dealkylation sites (tertiary alicyclic amines) is 1. The van der Waals surface area contributed by atoms with E-state index >= 15 is 0 Å². The minimum Gasteiger partial charge on any atom is -0.299 e. The molecule has 3 aromatic heterocycles. The number of pyridine rings is 1. The van der Waals surface area contributed by atoms with Gasteiger partial charge in [-0.15, -0.1) is 21.5 Å². The van der Waals surface area contributed by atoms with Crippen molar-refractivity contribution >= 4 is 16.9 Å². The Morgan fingerprint density at radius 1 is 1.15 bits per heavy atom. The first-order valence-corrected chi connectivity index (χ1v) is 14.5. The third-order valence-electron chi connectivity index (χ3n) is 9.03. The number of benzene rings is 1. The Hall–Kier alpha value is -2.98. The Labute approximate surface area is 228 Å². The molecule has 4 heterocycles. The van der Waals surface area contributed by atoms with E-state index in [1.165, 1.54) is 45.4 Å². The number of imidazole rings is 1. The smallest absolute Gasteiger partial charge is 0.299 e. The fourth-order valence-corrected chi connectivity index (χ4v) is 7.78. The first-order chi connectivity index (χ1) is 18.7. The number of halogens is 3. The highest BCUT2D eigenvalue weighted by Gasteiger charge is 2.63. The zero-order valence-corrected chi connectivity index (χ0v) is 22.6. The minimum atomic E-state index is -4.58. The molecule has 6 nitrogen and oxygen atoms in total. The molecule has 1 saturated heterocycles. The fraction of sp³-hybridized carbons (Fsp3) is 0.483. The molecule has 1 aliphatic heterocycles. The van der Waals surface area contributed by atoms with Crippen molar-refractivity contribution in [3.63, 3.8) is 0 Å². The van der Waals surface area contributed by atoms with Crippen LogP contribution >= 0.6 is 11.3 Å². The van der Waals surface area contributed by atoms with Crippen molar-refractivity contribution in [3.8, 4) is 5.69 Å². The first-order valence-electron chi connectivity index (χ1n) is 13.6. The summed E-state index contributed by atoms with van der Waals surface area (Å²) in [5.74, 6) is 0.509. The van der Waals surface area contributed by atoms with Crippen molar-refractivity contribution in [2.75, 3.05) is 13.1 Å². The predicted octanol–water partition coefficient (Wildman–Crippen LogP) is 6.05. The Balaban J connectivity index is 1.30. The second-order valence-corrected chi connectivity index (χ2v) is 12.8. The van der Waals surface area contributed by atoms with Gasteiger partial charge in [0.1, 0.15) is 10.5 Å². The number of fused-ring (bicyclic) bond motifs is 1. The number of nitrogens with zero attached hydrogens (tertiary/aromatic N) is 5. The third kappa shape index (κ3) is 4.23. The molecule has 0 radical (unpaired) electrons. The molecule has 2 aliphatic carbocycles. The molecule has 1 atom stereocenters. The van der Waals surface area contributed by atoms with Gasteiger partial charge in [-0.3, -0.25) is 13.9 Å². The molecule has 2 saturated carbocycles. The van der Waals surface area contributed by atoms with Gasteiger partial charge in [-0.05, 0) is 85.7 Å². The molecule has 1 aromatic carbocycles. The molecular formula is C29H30F3N5OS. The van der Waals surface area contributed by atoms with Crippen molar-refractivity contribution < 1.29 is 13.2 Å². The largest absolute Gasteiger partial charge is 0.418 e. The Morgan fingerprint density at radius 3 is 2.67 bits per heavy atom. The topological polar surface area (TPSA) is 55.4 Å². The van der Waals surface area contributed by atoms with Crippen molar-refractivity contribution in [2.45, 2.75) is 63.6 Å². The predicted molar refractivity (Wildman–Crippen MR) is 143 cm³/mol. The maximum absolute atomic E-state index is 14.2. The van der Waals surface area contributed by atoms with E-state index in [-0.39, 0.29) is 10.9 Å². The average Bonchev–Trinajstić information content (AvgIpc) is 3.32. The Morgan fingerprint density at radius 2 is 1.97 bits per heavy atom. The highest BCUT2D eigenvalue weighted by Crippen LogP contribution is 2.71. The standard InChI is InChI=1S/C29H30F3N5OS/c1-19-4-3-9-35(12-19)13-20-10-23(29(30,31)32)24-15-36(26(38)37(24)14-20)22-6-2-5-21(11-22)28(25-34-33-18-39-25)16-27(17-28)7-8-27/h2,5-6,10-11,14-15,18-19H,3-4,7-9,12-13,16-17H2,1H3/t19-/m0/s1. The van der Waals surface area contributed by atoms with Crippen LogP contribution in [0.15, 0.2) is 53.0 Å². The van der Waals surface area contributed by atoms with Gasteiger partial charge in [0.25, 0.3) is 0 Å². The summed E-state index contributed by atoms with van der Waals surface area (Å²) < 4.78 is 45.2. The Kier molecular flexibility index (Phi) is 5.62. The van der Waals surface area contributed by atoms with Gasteiger partial charge in [0.2, 0.25) is 0 Å². The zero-order valence-electron chi connectivity index (χ0n) is 21.7. The minimum absolute atomic E-state index is 0.131. The van der Waals surface area contributed by atoms with Crippen LogP contribution in [-0.2, 0) is 18.1 Å². The average molecular weight is 554 g/mol. The van der Waals surface area contributed by atoms with Crippen LogP contribution < -0.4 is 5.69 Å². The molecule has 0 amide bonds. The SMILES string of the molecule is C[C@H]1CCCN(Cc2cc(C(F)(F)F)c3cn(-c4cccc(C5(c6nncs6)CC6(CC6)C5)c4)c(=O)n3c2)C1. The molecule has 1 spiro atoms. The molecule has 3 aliphatic rings. The lowest BCUT2D eigenvalue weighted by Crippen LogP contribution is -2.43. The third-order valence-corrected chi connectivity index (χ3v) is 9.93. The van der Waals surface area contributed by atoms with Gasteiger partial charge >= 0.3 is 11.9 Å².